The Kier molecular flexibility index (Phi) is 4.10. The first-order chi connectivity index (χ1) is 8.49. The zero-order valence-electron chi connectivity index (χ0n) is 11.9. The number of carbonyl (C=O) groups excluding carboxylic acids is 1. The van der Waals surface area contributed by atoms with Gasteiger partial charge >= 0.3 is 6.09 Å². The molecule has 19 heavy (non-hydrogen) atoms. The standard InChI is InChI=1S/C14H21NO4/c1-13(2,3)19-12(17)15-9-6-7-11(16)10(8-9)14(4,5)18/h6-8,16,18H,1-5H3,(H,15,17). The van der Waals surface area contributed by atoms with Crippen molar-refractivity contribution in [3.8, 4) is 5.75 Å². The van der Waals surface area contributed by atoms with Crippen molar-refractivity contribution < 1.29 is 19.7 Å². The van der Waals surface area contributed by atoms with E-state index in [9.17, 15) is 15.0 Å². The van der Waals surface area contributed by atoms with Gasteiger partial charge in [0.2, 0.25) is 0 Å². The third-order valence-electron chi connectivity index (χ3n) is 2.30. The normalized spacial score (nSPS) is 12.1. The van der Waals surface area contributed by atoms with Crippen LogP contribution in [-0.2, 0) is 10.3 Å². The number of nitrogens with one attached hydrogen (secondary N) is 1. The molecule has 0 saturated carbocycles. The Bertz CT molecular complexity index is 469. The van der Waals surface area contributed by atoms with Gasteiger partial charge in [-0.1, -0.05) is 0 Å². The van der Waals surface area contributed by atoms with E-state index in [-0.39, 0.29) is 5.75 Å². The van der Waals surface area contributed by atoms with Gasteiger partial charge in [0.05, 0.1) is 5.60 Å². The molecule has 0 spiro atoms. The molecule has 0 radical (unpaired) electrons. The fraction of sp³-hybridized carbons (Fsp3) is 0.500. The van der Waals surface area contributed by atoms with Crippen LogP contribution in [0.4, 0.5) is 10.5 Å². The van der Waals surface area contributed by atoms with Crippen LogP contribution in [0.5, 0.6) is 5.75 Å². The van der Waals surface area contributed by atoms with Crippen LogP contribution in [0.25, 0.3) is 0 Å². The first-order valence-electron chi connectivity index (χ1n) is 6.05. The van der Waals surface area contributed by atoms with Gasteiger partial charge in [-0.25, -0.2) is 4.79 Å². The summed E-state index contributed by atoms with van der Waals surface area (Å²) in [6, 6.07) is 4.47. The minimum Gasteiger partial charge on any atom is -0.508 e. The molecule has 0 bridgehead atoms. The number of benzene rings is 1. The quantitative estimate of drug-likeness (QED) is 0.720. The minimum absolute atomic E-state index is 0.0257. The number of ether oxygens (including phenoxy) is 1. The lowest BCUT2D eigenvalue weighted by atomic mass is 9.97. The highest BCUT2D eigenvalue weighted by atomic mass is 16.6. The lowest BCUT2D eigenvalue weighted by Crippen LogP contribution is -2.27. The van der Waals surface area contributed by atoms with Crippen LogP contribution in [-0.4, -0.2) is 21.9 Å². The zero-order valence-corrected chi connectivity index (χ0v) is 11.9. The summed E-state index contributed by atoms with van der Waals surface area (Å²) in [5, 5.41) is 22.2. The highest BCUT2D eigenvalue weighted by molar-refractivity contribution is 5.85. The van der Waals surface area contributed by atoms with Crippen molar-refractivity contribution in [1.82, 2.24) is 0 Å². The van der Waals surface area contributed by atoms with E-state index in [1.54, 1.807) is 34.6 Å². The van der Waals surface area contributed by atoms with E-state index < -0.39 is 17.3 Å². The molecule has 1 amide bonds. The summed E-state index contributed by atoms with van der Waals surface area (Å²) in [6.07, 6.45) is -0.583. The van der Waals surface area contributed by atoms with E-state index in [1.807, 2.05) is 0 Å². The molecule has 3 N–H and O–H groups in total. The van der Waals surface area contributed by atoms with Gasteiger partial charge in [0.15, 0.2) is 0 Å². The minimum atomic E-state index is -1.20. The van der Waals surface area contributed by atoms with Gasteiger partial charge in [0, 0.05) is 11.3 Å². The number of phenolic OH excluding ortho intramolecular Hbond substituents is 1. The van der Waals surface area contributed by atoms with Crippen molar-refractivity contribution in [1.29, 1.82) is 0 Å². The van der Waals surface area contributed by atoms with E-state index in [2.05, 4.69) is 5.32 Å². The molecule has 1 rings (SSSR count). The molecule has 0 aromatic heterocycles. The summed E-state index contributed by atoms with van der Waals surface area (Å²) < 4.78 is 5.12. The molecule has 0 aliphatic rings. The molecule has 5 nitrogen and oxygen atoms in total. The molecule has 0 heterocycles. The monoisotopic (exact) mass is 267 g/mol. The average Bonchev–Trinajstić information content (AvgIpc) is 2.16. The number of hydrogen-bond donors (Lipinski definition) is 3. The number of amides is 1. The predicted octanol–water partition coefficient (Wildman–Crippen LogP) is 2.97. The molecule has 0 atom stereocenters. The molecular formula is C14H21NO4. The van der Waals surface area contributed by atoms with Gasteiger partial charge in [0.1, 0.15) is 11.4 Å². The summed E-state index contributed by atoms with van der Waals surface area (Å²) in [5.41, 5.74) is -0.999. The van der Waals surface area contributed by atoms with Crippen LogP contribution < -0.4 is 5.32 Å². The second kappa shape index (κ2) is 5.09. The maximum atomic E-state index is 11.6. The molecule has 1 aromatic rings. The van der Waals surface area contributed by atoms with Crippen LogP contribution >= 0.6 is 0 Å². The van der Waals surface area contributed by atoms with Crippen molar-refractivity contribution >= 4 is 11.8 Å². The predicted molar refractivity (Wildman–Crippen MR) is 73.2 cm³/mol. The Morgan fingerprint density at radius 3 is 2.26 bits per heavy atom. The molecule has 0 saturated heterocycles. The first-order valence-corrected chi connectivity index (χ1v) is 6.05. The van der Waals surface area contributed by atoms with E-state index in [0.29, 0.717) is 11.3 Å². The van der Waals surface area contributed by atoms with Crippen LogP contribution in [0.2, 0.25) is 0 Å². The zero-order chi connectivity index (χ0) is 14.8. The number of rotatable bonds is 2. The van der Waals surface area contributed by atoms with Crippen LogP contribution in [0.3, 0.4) is 0 Å². The lowest BCUT2D eigenvalue weighted by molar-refractivity contribution is 0.0633. The Hall–Kier alpha value is -1.75. The number of anilines is 1. The smallest absolute Gasteiger partial charge is 0.412 e. The third-order valence-corrected chi connectivity index (χ3v) is 2.30. The van der Waals surface area contributed by atoms with Gasteiger partial charge in [-0.15, -0.1) is 0 Å². The largest absolute Gasteiger partial charge is 0.508 e. The summed E-state index contributed by atoms with van der Waals surface area (Å²) in [7, 11) is 0. The molecule has 5 heteroatoms. The summed E-state index contributed by atoms with van der Waals surface area (Å²) >= 11 is 0. The molecule has 0 aliphatic heterocycles. The van der Waals surface area contributed by atoms with Gasteiger partial charge in [-0.3, -0.25) is 5.32 Å². The summed E-state index contributed by atoms with van der Waals surface area (Å²) in [4.78, 5) is 11.6. The molecule has 0 fully saturated rings. The van der Waals surface area contributed by atoms with Crippen molar-refractivity contribution in [3.63, 3.8) is 0 Å². The summed E-state index contributed by atoms with van der Waals surface area (Å²) in [5.74, 6) is -0.0257. The Morgan fingerprint density at radius 1 is 1.21 bits per heavy atom. The summed E-state index contributed by atoms with van der Waals surface area (Å²) in [6.45, 7) is 8.42. The number of hydrogen-bond acceptors (Lipinski definition) is 4. The van der Waals surface area contributed by atoms with Crippen molar-refractivity contribution in [2.24, 2.45) is 0 Å². The van der Waals surface area contributed by atoms with E-state index in [4.69, 9.17) is 4.74 Å². The lowest BCUT2D eigenvalue weighted by Gasteiger charge is -2.22. The maximum Gasteiger partial charge on any atom is 0.412 e. The number of phenols is 1. The number of aliphatic hydroxyl groups is 1. The first kappa shape index (κ1) is 15.3. The Labute approximate surface area is 113 Å². The highest BCUT2D eigenvalue weighted by Gasteiger charge is 2.22. The van der Waals surface area contributed by atoms with E-state index >= 15 is 0 Å². The Morgan fingerprint density at radius 2 is 1.79 bits per heavy atom. The highest BCUT2D eigenvalue weighted by Crippen LogP contribution is 2.31. The third kappa shape index (κ3) is 4.79. The molecular weight excluding hydrogens is 246 g/mol. The van der Waals surface area contributed by atoms with Gasteiger partial charge < -0.3 is 14.9 Å². The molecule has 106 valence electrons. The maximum absolute atomic E-state index is 11.6. The fourth-order valence-corrected chi connectivity index (χ4v) is 1.53. The van der Waals surface area contributed by atoms with Crippen LogP contribution in [0.15, 0.2) is 18.2 Å². The van der Waals surface area contributed by atoms with Crippen LogP contribution in [0.1, 0.15) is 40.2 Å². The SMILES string of the molecule is CC(C)(C)OC(=O)Nc1ccc(O)c(C(C)(C)O)c1. The number of aromatic hydroxyl groups is 1. The van der Waals surface area contributed by atoms with Crippen LogP contribution in [0, 0.1) is 0 Å². The van der Waals surface area contributed by atoms with Gasteiger partial charge in [0.25, 0.3) is 0 Å². The average molecular weight is 267 g/mol. The molecule has 0 aliphatic carbocycles. The second-order valence-electron chi connectivity index (χ2n) is 5.92. The second-order valence-corrected chi connectivity index (χ2v) is 5.92. The Balaban J connectivity index is 2.89. The number of carbonyl (C=O) groups is 1. The van der Waals surface area contributed by atoms with E-state index in [1.165, 1.54) is 18.2 Å². The molecule has 0 unspecified atom stereocenters. The van der Waals surface area contributed by atoms with Gasteiger partial charge in [-0.2, -0.15) is 0 Å². The topological polar surface area (TPSA) is 78.8 Å². The fourth-order valence-electron chi connectivity index (χ4n) is 1.53. The molecule has 1 aromatic carbocycles. The van der Waals surface area contributed by atoms with Crippen molar-refractivity contribution in [2.75, 3.05) is 5.32 Å². The van der Waals surface area contributed by atoms with Gasteiger partial charge in [-0.05, 0) is 52.8 Å². The van der Waals surface area contributed by atoms with Crippen molar-refractivity contribution in [2.45, 2.75) is 45.8 Å². The van der Waals surface area contributed by atoms with Crippen molar-refractivity contribution in [3.05, 3.63) is 23.8 Å². The van der Waals surface area contributed by atoms with E-state index in [0.717, 1.165) is 0 Å².